The van der Waals surface area contributed by atoms with Crippen LogP contribution in [0.25, 0.3) is 0 Å². The van der Waals surface area contributed by atoms with Crippen LogP contribution in [0.3, 0.4) is 0 Å². The van der Waals surface area contributed by atoms with Gasteiger partial charge >= 0.3 is 5.97 Å². The van der Waals surface area contributed by atoms with Crippen LogP contribution in [0.1, 0.15) is 42.9 Å². The lowest BCUT2D eigenvalue weighted by Crippen LogP contribution is -2.39. The van der Waals surface area contributed by atoms with Gasteiger partial charge in [0.25, 0.3) is 0 Å². The summed E-state index contributed by atoms with van der Waals surface area (Å²) in [5.74, 6) is -1.14. The van der Waals surface area contributed by atoms with Crippen molar-refractivity contribution in [3.05, 3.63) is 82.9 Å². The third-order valence-electron chi connectivity index (χ3n) is 5.55. The number of hydrogen-bond donors (Lipinski definition) is 1. The number of allylic oxidation sites excluding steroid dienone is 2. The van der Waals surface area contributed by atoms with Crippen LogP contribution in [0.5, 0.6) is 0 Å². The number of halogens is 1. The fourth-order valence-electron chi connectivity index (χ4n) is 3.70. The maximum atomic E-state index is 13.2. The number of benzene rings is 2. The van der Waals surface area contributed by atoms with E-state index in [0.717, 1.165) is 11.1 Å². The molecule has 0 saturated carbocycles. The maximum Gasteiger partial charge on any atom is 0.306 e. The van der Waals surface area contributed by atoms with Gasteiger partial charge in [0.15, 0.2) is 0 Å². The summed E-state index contributed by atoms with van der Waals surface area (Å²) in [6, 6.07) is 16.6. The fraction of sp³-hybridized carbons (Fsp3) is 0.346. The first-order chi connectivity index (χ1) is 15.9. The van der Waals surface area contributed by atoms with E-state index in [9.17, 15) is 14.4 Å². The van der Waals surface area contributed by atoms with Crippen LogP contribution in [0.4, 0.5) is 0 Å². The second-order valence-corrected chi connectivity index (χ2v) is 8.59. The molecule has 6 nitrogen and oxygen atoms in total. The monoisotopic (exact) mass is 468 g/mol. The topological polar surface area (TPSA) is 75.7 Å². The lowest BCUT2D eigenvalue weighted by Gasteiger charge is -2.28. The number of carbonyl (C=O) groups excluding carboxylic acids is 3. The lowest BCUT2D eigenvalue weighted by molar-refractivity contribution is -0.152. The zero-order chi connectivity index (χ0) is 23.6. The van der Waals surface area contributed by atoms with E-state index < -0.39 is 12.0 Å². The minimum atomic E-state index is -0.560. The molecule has 1 heterocycles. The fourth-order valence-corrected chi connectivity index (χ4v) is 3.82. The Labute approximate surface area is 199 Å². The van der Waals surface area contributed by atoms with E-state index in [4.69, 9.17) is 16.3 Å². The molecule has 3 rings (SSSR count). The van der Waals surface area contributed by atoms with Crippen LogP contribution in [-0.2, 0) is 25.7 Å². The molecule has 1 N–H and O–H groups in total. The Hall–Kier alpha value is -3.12. The van der Waals surface area contributed by atoms with Crippen LogP contribution < -0.4 is 5.32 Å². The van der Waals surface area contributed by atoms with Gasteiger partial charge in [0, 0.05) is 31.5 Å². The summed E-state index contributed by atoms with van der Waals surface area (Å²) < 4.78 is 5.68. The average molecular weight is 469 g/mol. The summed E-state index contributed by atoms with van der Waals surface area (Å²) in [6.07, 6.45) is 4.48. The molecule has 2 amide bonds. The van der Waals surface area contributed by atoms with Gasteiger partial charge in [-0.3, -0.25) is 14.4 Å². The number of nitrogens with one attached hydrogen (secondary N) is 1. The van der Waals surface area contributed by atoms with Crippen LogP contribution in [0.15, 0.2) is 66.7 Å². The van der Waals surface area contributed by atoms with Gasteiger partial charge in [-0.2, -0.15) is 0 Å². The normalized spacial score (nSPS) is 20.8. The van der Waals surface area contributed by atoms with Crippen molar-refractivity contribution < 1.29 is 19.1 Å². The number of cyclic esters (lactones) is 1. The van der Waals surface area contributed by atoms with Gasteiger partial charge in [-0.15, -0.1) is 0 Å². The standard InChI is InChI=1S/C26H29ClN2O4/c1-29-18-23(20-8-4-2-5-9-20)33-25(31)11-7-3-6-10-21(26(29)32)16-24(30)28-17-19-12-14-22(27)15-13-19/h2-6,8-9,12-15,21,23H,7,10-11,16-18H2,1H3,(H,28,30)/b6-3+/t21-,23+/m0/s1. The Bertz CT molecular complexity index is 976. The predicted molar refractivity (Wildman–Crippen MR) is 127 cm³/mol. The Balaban J connectivity index is 1.68. The first-order valence-corrected chi connectivity index (χ1v) is 11.5. The van der Waals surface area contributed by atoms with Gasteiger partial charge in [-0.25, -0.2) is 0 Å². The molecule has 0 radical (unpaired) electrons. The molecule has 0 spiro atoms. The Morgan fingerprint density at radius 2 is 1.82 bits per heavy atom. The van der Waals surface area contributed by atoms with Crippen LogP contribution in [0, 0.1) is 5.92 Å². The van der Waals surface area contributed by atoms with E-state index in [1.54, 1.807) is 24.1 Å². The molecule has 0 unspecified atom stereocenters. The molecule has 7 heteroatoms. The third kappa shape index (κ3) is 7.75. The van der Waals surface area contributed by atoms with Gasteiger partial charge in [0.2, 0.25) is 11.8 Å². The van der Waals surface area contributed by atoms with Crippen LogP contribution in [-0.4, -0.2) is 36.3 Å². The van der Waals surface area contributed by atoms with E-state index in [-0.39, 0.29) is 37.2 Å². The van der Waals surface area contributed by atoms with Gasteiger partial charge in [-0.1, -0.05) is 66.2 Å². The van der Waals surface area contributed by atoms with Crippen molar-refractivity contribution in [2.24, 2.45) is 5.92 Å². The molecule has 0 saturated heterocycles. The van der Waals surface area contributed by atoms with E-state index in [1.165, 1.54) is 0 Å². The molecular weight excluding hydrogens is 440 g/mol. The highest BCUT2D eigenvalue weighted by molar-refractivity contribution is 6.30. The van der Waals surface area contributed by atoms with Gasteiger partial charge in [0.05, 0.1) is 12.5 Å². The minimum Gasteiger partial charge on any atom is -0.456 e. The number of rotatable bonds is 5. The highest BCUT2D eigenvalue weighted by Crippen LogP contribution is 2.23. The van der Waals surface area contributed by atoms with E-state index in [2.05, 4.69) is 5.32 Å². The third-order valence-corrected chi connectivity index (χ3v) is 5.80. The highest BCUT2D eigenvalue weighted by Gasteiger charge is 2.27. The molecule has 1 aliphatic rings. The lowest BCUT2D eigenvalue weighted by atomic mass is 9.97. The molecular formula is C26H29ClN2O4. The maximum absolute atomic E-state index is 13.2. The molecule has 174 valence electrons. The van der Waals surface area contributed by atoms with Crippen molar-refractivity contribution in [3.8, 4) is 0 Å². The van der Waals surface area contributed by atoms with Crippen molar-refractivity contribution in [1.29, 1.82) is 0 Å². The van der Waals surface area contributed by atoms with Crippen molar-refractivity contribution >= 4 is 29.4 Å². The van der Waals surface area contributed by atoms with Crippen LogP contribution in [0.2, 0.25) is 5.02 Å². The number of likely N-dealkylation sites (N-methyl/N-ethyl adjacent to an activating group) is 1. The number of ether oxygens (including phenoxy) is 1. The van der Waals surface area contributed by atoms with E-state index in [0.29, 0.717) is 24.4 Å². The molecule has 1 aliphatic heterocycles. The van der Waals surface area contributed by atoms with Gasteiger partial charge in [0.1, 0.15) is 6.10 Å². The first-order valence-electron chi connectivity index (χ1n) is 11.1. The van der Waals surface area contributed by atoms with Crippen molar-refractivity contribution in [1.82, 2.24) is 10.2 Å². The summed E-state index contributed by atoms with van der Waals surface area (Å²) in [6.45, 7) is 0.593. The minimum absolute atomic E-state index is 0.0803. The molecule has 0 bridgehead atoms. The summed E-state index contributed by atoms with van der Waals surface area (Å²) in [5.41, 5.74) is 1.76. The number of amides is 2. The van der Waals surface area contributed by atoms with Gasteiger partial charge < -0.3 is 15.0 Å². The molecule has 0 aliphatic carbocycles. The Kier molecular flexibility index (Phi) is 9.07. The zero-order valence-corrected chi connectivity index (χ0v) is 19.5. The summed E-state index contributed by atoms with van der Waals surface area (Å²) in [7, 11) is 1.68. The van der Waals surface area contributed by atoms with Crippen LogP contribution >= 0.6 is 11.6 Å². The SMILES string of the molecule is CN1C[C@H](c2ccccc2)OC(=O)CC/C=C/C[C@@H](CC(=O)NCc2ccc(Cl)cc2)C1=O. The predicted octanol–water partition coefficient (Wildman–Crippen LogP) is 4.45. The quantitative estimate of drug-likeness (QED) is 0.519. The Morgan fingerprint density at radius 1 is 1.09 bits per heavy atom. The van der Waals surface area contributed by atoms with Gasteiger partial charge in [-0.05, 0) is 36.1 Å². The van der Waals surface area contributed by atoms with Crippen molar-refractivity contribution in [2.75, 3.05) is 13.6 Å². The van der Waals surface area contributed by atoms with E-state index >= 15 is 0 Å². The number of hydrogen-bond acceptors (Lipinski definition) is 4. The molecule has 2 atom stereocenters. The summed E-state index contributed by atoms with van der Waals surface area (Å²) in [5, 5.41) is 3.52. The molecule has 33 heavy (non-hydrogen) atoms. The molecule has 2 aromatic rings. The highest BCUT2D eigenvalue weighted by atomic mass is 35.5. The summed E-state index contributed by atoms with van der Waals surface area (Å²) in [4.78, 5) is 39.7. The largest absolute Gasteiger partial charge is 0.456 e. The van der Waals surface area contributed by atoms with E-state index in [1.807, 2.05) is 54.6 Å². The molecule has 0 aromatic heterocycles. The van der Waals surface area contributed by atoms with Crippen molar-refractivity contribution in [2.45, 2.75) is 38.3 Å². The number of esters is 1. The first kappa shape index (κ1) is 24.5. The Morgan fingerprint density at radius 3 is 2.55 bits per heavy atom. The summed E-state index contributed by atoms with van der Waals surface area (Å²) >= 11 is 5.90. The average Bonchev–Trinajstić information content (AvgIpc) is 2.81. The molecule has 0 fully saturated rings. The zero-order valence-electron chi connectivity index (χ0n) is 18.7. The smallest absolute Gasteiger partial charge is 0.306 e. The second kappa shape index (κ2) is 12.2. The van der Waals surface area contributed by atoms with Crippen molar-refractivity contribution in [3.63, 3.8) is 0 Å². The number of nitrogens with zero attached hydrogens (tertiary/aromatic N) is 1. The molecule has 2 aromatic carbocycles. The number of carbonyl (C=O) groups is 3. The second-order valence-electron chi connectivity index (χ2n) is 8.16.